The molecule has 0 aliphatic rings. The number of nitro groups is 1. The van der Waals surface area contributed by atoms with Crippen molar-refractivity contribution < 1.29 is 9.72 Å². The van der Waals surface area contributed by atoms with Crippen molar-refractivity contribution in [3.63, 3.8) is 0 Å². The summed E-state index contributed by atoms with van der Waals surface area (Å²) in [6.45, 7) is 3.98. The van der Waals surface area contributed by atoms with Gasteiger partial charge in [0.1, 0.15) is 17.2 Å². The van der Waals surface area contributed by atoms with Gasteiger partial charge >= 0.3 is 0 Å². The van der Waals surface area contributed by atoms with Gasteiger partial charge in [-0.15, -0.1) is 0 Å². The van der Waals surface area contributed by atoms with E-state index >= 15 is 0 Å². The van der Waals surface area contributed by atoms with Crippen LogP contribution in [0.2, 0.25) is 0 Å². The first-order valence-electron chi connectivity index (χ1n) is 9.04. The number of fused-ring (bicyclic) bond motifs is 1. The van der Waals surface area contributed by atoms with E-state index in [9.17, 15) is 14.9 Å². The summed E-state index contributed by atoms with van der Waals surface area (Å²) in [6.07, 6.45) is 1.87. The number of aromatic nitrogens is 2. The second kappa shape index (κ2) is 7.20. The summed E-state index contributed by atoms with van der Waals surface area (Å²) in [7, 11) is 0. The molecule has 1 amide bonds. The number of carbonyl (C=O) groups is 1. The maximum Gasteiger partial charge on any atom is 0.269 e. The molecule has 2 aromatic carbocycles. The van der Waals surface area contributed by atoms with E-state index in [2.05, 4.69) is 5.32 Å². The smallest absolute Gasteiger partial charge is 0.269 e. The lowest BCUT2D eigenvalue weighted by Gasteiger charge is -2.09. The molecule has 0 aliphatic carbocycles. The van der Waals surface area contributed by atoms with E-state index in [0.717, 1.165) is 22.3 Å². The van der Waals surface area contributed by atoms with Gasteiger partial charge in [0, 0.05) is 29.5 Å². The van der Waals surface area contributed by atoms with Crippen LogP contribution in [0.1, 0.15) is 21.5 Å². The summed E-state index contributed by atoms with van der Waals surface area (Å²) in [5.41, 5.74) is 4.69. The van der Waals surface area contributed by atoms with Crippen LogP contribution in [0.5, 0.6) is 0 Å². The number of nitrogens with one attached hydrogen (secondary N) is 1. The Kier molecular flexibility index (Phi) is 4.56. The molecule has 29 heavy (non-hydrogen) atoms. The number of hydrogen-bond donors (Lipinski definition) is 1. The molecule has 0 saturated heterocycles. The van der Waals surface area contributed by atoms with Crippen LogP contribution in [0.25, 0.3) is 16.9 Å². The van der Waals surface area contributed by atoms with Crippen molar-refractivity contribution in [3.05, 3.63) is 93.7 Å². The number of pyridine rings is 1. The topological polar surface area (TPSA) is 89.5 Å². The highest BCUT2D eigenvalue weighted by Gasteiger charge is 2.19. The van der Waals surface area contributed by atoms with Gasteiger partial charge in [0.15, 0.2) is 0 Å². The minimum absolute atomic E-state index is 0.0626. The quantitative estimate of drug-likeness (QED) is 0.404. The van der Waals surface area contributed by atoms with Crippen LogP contribution in [-0.2, 0) is 0 Å². The lowest BCUT2D eigenvalue weighted by Crippen LogP contribution is -2.14. The van der Waals surface area contributed by atoms with Crippen molar-refractivity contribution in [1.82, 2.24) is 9.38 Å². The Morgan fingerprint density at radius 3 is 2.48 bits per heavy atom. The molecule has 2 aromatic heterocycles. The van der Waals surface area contributed by atoms with Gasteiger partial charge in [0.25, 0.3) is 11.6 Å². The maximum absolute atomic E-state index is 12.9. The molecule has 0 atom stereocenters. The number of nitro benzene ring substituents is 1. The molecule has 0 spiro atoms. The van der Waals surface area contributed by atoms with Gasteiger partial charge in [0.2, 0.25) is 0 Å². The Bertz CT molecular complexity index is 1240. The number of benzene rings is 2. The maximum atomic E-state index is 12.9. The third kappa shape index (κ3) is 3.45. The second-order valence-corrected chi connectivity index (χ2v) is 6.81. The minimum Gasteiger partial charge on any atom is -0.306 e. The molecule has 144 valence electrons. The van der Waals surface area contributed by atoms with Crippen molar-refractivity contribution in [2.45, 2.75) is 13.8 Å². The lowest BCUT2D eigenvalue weighted by atomic mass is 10.1. The summed E-state index contributed by atoms with van der Waals surface area (Å²) in [4.78, 5) is 27.9. The van der Waals surface area contributed by atoms with Gasteiger partial charge < -0.3 is 5.32 Å². The Hall–Kier alpha value is -4.00. The third-order valence-corrected chi connectivity index (χ3v) is 4.75. The standard InChI is InChI=1S/C22H18N4O3/c1-14-11-12-25-19(13-14)23-20(18-6-4-3-5-15(18)2)21(25)24-22(27)16-7-9-17(10-8-16)26(28)29/h3-13H,1-2H3,(H,24,27). The van der Waals surface area contributed by atoms with Gasteiger partial charge in [-0.25, -0.2) is 4.98 Å². The molecule has 4 rings (SSSR count). The number of aryl methyl sites for hydroxylation is 2. The lowest BCUT2D eigenvalue weighted by molar-refractivity contribution is -0.384. The SMILES string of the molecule is Cc1ccn2c(NC(=O)c3ccc([N+](=O)[O-])cc3)c(-c3ccccc3C)nc2c1. The molecule has 0 unspecified atom stereocenters. The Balaban J connectivity index is 1.79. The van der Waals surface area contributed by atoms with E-state index in [0.29, 0.717) is 17.1 Å². The highest BCUT2D eigenvalue weighted by atomic mass is 16.6. The van der Waals surface area contributed by atoms with Crippen molar-refractivity contribution in [2.24, 2.45) is 0 Å². The molecular weight excluding hydrogens is 368 g/mol. The summed E-state index contributed by atoms with van der Waals surface area (Å²) in [5.74, 6) is 0.190. The number of rotatable bonds is 4. The molecule has 7 heteroatoms. The molecule has 0 bridgehead atoms. The van der Waals surface area contributed by atoms with Gasteiger partial charge in [-0.1, -0.05) is 24.3 Å². The van der Waals surface area contributed by atoms with Crippen molar-refractivity contribution >= 4 is 23.1 Å². The van der Waals surface area contributed by atoms with Crippen LogP contribution >= 0.6 is 0 Å². The zero-order chi connectivity index (χ0) is 20.5. The first-order valence-corrected chi connectivity index (χ1v) is 9.04. The summed E-state index contributed by atoms with van der Waals surface area (Å²) in [6, 6.07) is 17.2. The molecule has 0 fully saturated rings. The molecule has 7 nitrogen and oxygen atoms in total. The van der Waals surface area contributed by atoms with Crippen molar-refractivity contribution in [2.75, 3.05) is 5.32 Å². The predicted molar refractivity (Wildman–Crippen MR) is 111 cm³/mol. The molecule has 4 aromatic rings. The number of carbonyl (C=O) groups excluding carboxylic acids is 1. The van der Waals surface area contributed by atoms with E-state index in [1.54, 1.807) is 0 Å². The zero-order valence-electron chi connectivity index (χ0n) is 15.9. The van der Waals surface area contributed by atoms with E-state index in [4.69, 9.17) is 4.98 Å². The van der Waals surface area contributed by atoms with Crippen LogP contribution in [-0.4, -0.2) is 20.2 Å². The Morgan fingerprint density at radius 1 is 1.07 bits per heavy atom. The Labute approximate surface area is 166 Å². The predicted octanol–water partition coefficient (Wildman–Crippen LogP) is 4.78. The van der Waals surface area contributed by atoms with Gasteiger partial charge in [-0.05, 0) is 49.2 Å². The fourth-order valence-corrected chi connectivity index (χ4v) is 3.21. The summed E-state index contributed by atoms with van der Waals surface area (Å²) in [5, 5.41) is 13.8. The average Bonchev–Trinajstić information content (AvgIpc) is 3.05. The van der Waals surface area contributed by atoms with Crippen LogP contribution in [0.4, 0.5) is 11.5 Å². The molecule has 1 N–H and O–H groups in total. The zero-order valence-corrected chi connectivity index (χ0v) is 15.9. The first-order chi connectivity index (χ1) is 13.9. The number of imidazole rings is 1. The fraction of sp³-hybridized carbons (Fsp3) is 0.0909. The minimum atomic E-state index is -0.495. The number of hydrogen-bond acceptors (Lipinski definition) is 4. The number of non-ortho nitro benzene ring substituents is 1. The monoisotopic (exact) mass is 386 g/mol. The van der Waals surface area contributed by atoms with Crippen LogP contribution in [0, 0.1) is 24.0 Å². The number of anilines is 1. The van der Waals surface area contributed by atoms with E-state index < -0.39 is 4.92 Å². The molecule has 0 saturated carbocycles. The average molecular weight is 386 g/mol. The number of amides is 1. The van der Waals surface area contributed by atoms with Crippen molar-refractivity contribution in [1.29, 1.82) is 0 Å². The second-order valence-electron chi connectivity index (χ2n) is 6.81. The molecule has 2 heterocycles. The molecule has 0 aliphatic heterocycles. The van der Waals surface area contributed by atoms with Gasteiger partial charge in [-0.2, -0.15) is 0 Å². The van der Waals surface area contributed by atoms with Gasteiger partial charge in [0.05, 0.1) is 4.92 Å². The largest absolute Gasteiger partial charge is 0.306 e. The highest BCUT2D eigenvalue weighted by molar-refractivity contribution is 6.06. The van der Waals surface area contributed by atoms with Crippen LogP contribution in [0.3, 0.4) is 0 Å². The third-order valence-electron chi connectivity index (χ3n) is 4.75. The van der Waals surface area contributed by atoms with E-state index in [1.165, 1.54) is 24.3 Å². The molecule has 0 radical (unpaired) electrons. The van der Waals surface area contributed by atoms with Crippen LogP contribution < -0.4 is 5.32 Å². The van der Waals surface area contributed by atoms with Gasteiger partial charge in [-0.3, -0.25) is 19.3 Å². The van der Waals surface area contributed by atoms with E-state index in [-0.39, 0.29) is 11.6 Å². The fourth-order valence-electron chi connectivity index (χ4n) is 3.21. The Morgan fingerprint density at radius 2 is 1.79 bits per heavy atom. The highest BCUT2D eigenvalue weighted by Crippen LogP contribution is 2.31. The molecular formula is C22H18N4O3. The normalized spacial score (nSPS) is 10.8. The van der Waals surface area contributed by atoms with Crippen molar-refractivity contribution in [3.8, 4) is 11.3 Å². The number of nitrogens with zero attached hydrogens (tertiary/aromatic N) is 3. The van der Waals surface area contributed by atoms with E-state index in [1.807, 2.05) is 60.8 Å². The summed E-state index contributed by atoms with van der Waals surface area (Å²) < 4.78 is 1.83. The first kappa shape index (κ1) is 18.4. The summed E-state index contributed by atoms with van der Waals surface area (Å²) >= 11 is 0. The van der Waals surface area contributed by atoms with Crippen LogP contribution in [0.15, 0.2) is 66.9 Å².